The number of hydrogen-bond donors (Lipinski definition) is 1. The molecule has 174 valence electrons. The number of benzene rings is 2. The van der Waals surface area contributed by atoms with Gasteiger partial charge in [-0.15, -0.1) is 0 Å². The minimum atomic E-state index is -0.663. The molecule has 0 spiro atoms. The number of allylic oxidation sites excluding steroid dienone is 1. The van der Waals surface area contributed by atoms with Crippen LogP contribution in [-0.4, -0.2) is 21.5 Å². The van der Waals surface area contributed by atoms with Crippen LogP contribution >= 0.6 is 0 Å². The van der Waals surface area contributed by atoms with Gasteiger partial charge in [0, 0.05) is 36.8 Å². The Morgan fingerprint density at radius 1 is 1.18 bits per heavy atom. The van der Waals surface area contributed by atoms with Crippen molar-refractivity contribution in [2.24, 2.45) is 13.0 Å². The molecule has 0 bridgehead atoms. The van der Waals surface area contributed by atoms with Crippen LogP contribution in [0.2, 0.25) is 0 Å². The average molecular weight is 463 g/mol. The van der Waals surface area contributed by atoms with E-state index >= 15 is 0 Å². The number of carbonyl (C=O) groups excluding carboxylic acids is 2. The summed E-state index contributed by atoms with van der Waals surface area (Å²) < 4.78 is 30.5. The molecule has 6 nitrogen and oxygen atoms in total. The first-order valence-corrected chi connectivity index (χ1v) is 11.1. The lowest BCUT2D eigenvalue weighted by Gasteiger charge is -2.33. The third-order valence-corrected chi connectivity index (χ3v) is 6.55. The van der Waals surface area contributed by atoms with Gasteiger partial charge in [-0.2, -0.15) is 5.10 Å². The molecule has 1 unspecified atom stereocenters. The topological polar surface area (TPSA) is 67.2 Å². The molecule has 1 aliphatic carbocycles. The average Bonchev–Trinajstić information content (AvgIpc) is 3.41. The van der Waals surface area contributed by atoms with Crippen LogP contribution < -0.4 is 10.2 Å². The monoisotopic (exact) mass is 462 g/mol. The summed E-state index contributed by atoms with van der Waals surface area (Å²) in [6.45, 7) is 3.93. The van der Waals surface area contributed by atoms with Gasteiger partial charge in [0.25, 0.3) is 5.91 Å². The second-order valence-corrected chi connectivity index (χ2v) is 8.87. The predicted molar refractivity (Wildman–Crippen MR) is 124 cm³/mol. The minimum absolute atomic E-state index is 0.0166. The number of hydrogen-bond acceptors (Lipinski definition) is 4. The summed E-state index contributed by atoms with van der Waals surface area (Å²) in [5, 5.41) is 7.34. The Balaban J connectivity index is 1.58. The molecule has 0 saturated heterocycles. The lowest BCUT2D eigenvalue weighted by atomic mass is 9.91. The number of amides is 1. The highest BCUT2D eigenvalue weighted by molar-refractivity contribution is 6.22. The van der Waals surface area contributed by atoms with Crippen LogP contribution in [0.15, 0.2) is 54.4 Å². The molecule has 1 N–H and O–H groups in total. The Morgan fingerprint density at radius 3 is 2.56 bits per heavy atom. The Bertz CT molecular complexity index is 1360. The maximum absolute atomic E-state index is 14.9. The lowest BCUT2D eigenvalue weighted by molar-refractivity contribution is -0.116. The second kappa shape index (κ2) is 8.20. The number of fused-ring (bicyclic) bond motifs is 1. The summed E-state index contributed by atoms with van der Waals surface area (Å²) in [5.41, 5.74) is 3.93. The number of ketones is 1. The molecular weight excluding hydrogens is 438 g/mol. The lowest BCUT2D eigenvalue weighted by Crippen LogP contribution is -2.36. The fourth-order valence-corrected chi connectivity index (χ4v) is 4.76. The first kappa shape index (κ1) is 22.0. The van der Waals surface area contributed by atoms with E-state index in [4.69, 9.17) is 0 Å². The molecular formula is C26H24F2N4O2. The number of Topliss-reactive ketones (excluding diaryl/α,β-unsaturated/α-hetero) is 1. The normalized spacial score (nSPS) is 18.1. The number of anilines is 1. The summed E-state index contributed by atoms with van der Waals surface area (Å²) in [6.07, 6.45) is 2.16. The molecule has 2 aromatic carbocycles. The van der Waals surface area contributed by atoms with E-state index in [2.05, 4.69) is 10.4 Å². The largest absolute Gasteiger partial charge is 0.344 e. The zero-order valence-electron chi connectivity index (χ0n) is 19.1. The molecule has 1 saturated carbocycles. The molecule has 8 heteroatoms. The van der Waals surface area contributed by atoms with Crippen LogP contribution in [0, 0.1) is 24.5 Å². The van der Waals surface area contributed by atoms with Crippen molar-refractivity contribution in [3.8, 4) is 0 Å². The predicted octanol–water partition coefficient (Wildman–Crippen LogP) is 4.20. The van der Waals surface area contributed by atoms with Gasteiger partial charge >= 0.3 is 0 Å². The highest BCUT2D eigenvalue weighted by Gasteiger charge is 2.44. The van der Waals surface area contributed by atoms with Crippen molar-refractivity contribution in [3.63, 3.8) is 0 Å². The van der Waals surface area contributed by atoms with Crippen molar-refractivity contribution in [1.29, 1.82) is 0 Å². The maximum atomic E-state index is 14.9. The molecule has 1 fully saturated rings. The van der Waals surface area contributed by atoms with Crippen molar-refractivity contribution >= 4 is 23.0 Å². The third-order valence-electron chi connectivity index (χ3n) is 6.55. The van der Waals surface area contributed by atoms with E-state index in [1.165, 1.54) is 18.2 Å². The third kappa shape index (κ3) is 3.79. The Morgan fingerprint density at radius 2 is 1.91 bits per heavy atom. The van der Waals surface area contributed by atoms with Gasteiger partial charge < -0.3 is 10.2 Å². The number of carbonyl (C=O) groups is 2. The summed E-state index contributed by atoms with van der Waals surface area (Å²) in [5.74, 6) is -1.67. The standard InChI is InChI=1S/C26H24F2N4O2/c1-14-22(13-31(3)30-14)32-12-20-18(8-5-9-21(20)28)24(15(32)2)26(34)29-25(19-11-23(19)33)16-6-4-7-17(27)10-16/h4-10,13,19,25H,11-12H2,1-3H3,(H,29,34)/t19?,25-/m1/s1. The van der Waals surface area contributed by atoms with Gasteiger partial charge in [0.2, 0.25) is 0 Å². The van der Waals surface area contributed by atoms with Gasteiger partial charge in [0.15, 0.2) is 0 Å². The van der Waals surface area contributed by atoms with E-state index in [1.54, 1.807) is 36.0 Å². The molecule has 5 rings (SSSR count). The van der Waals surface area contributed by atoms with E-state index in [0.29, 0.717) is 34.4 Å². The smallest absolute Gasteiger partial charge is 0.254 e. The highest BCUT2D eigenvalue weighted by Crippen LogP contribution is 2.40. The van der Waals surface area contributed by atoms with Gasteiger partial charge in [0.05, 0.1) is 29.5 Å². The molecule has 2 atom stereocenters. The van der Waals surface area contributed by atoms with E-state index in [-0.39, 0.29) is 12.3 Å². The van der Waals surface area contributed by atoms with Gasteiger partial charge in [-0.3, -0.25) is 14.3 Å². The molecule has 2 aliphatic rings. The van der Waals surface area contributed by atoms with E-state index < -0.39 is 29.5 Å². The van der Waals surface area contributed by atoms with Crippen LogP contribution in [0.1, 0.15) is 41.8 Å². The fraction of sp³-hybridized carbons (Fsp3) is 0.269. The zero-order valence-corrected chi connectivity index (χ0v) is 19.1. The van der Waals surface area contributed by atoms with Gasteiger partial charge in [0.1, 0.15) is 17.4 Å². The SMILES string of the molecule is CC1=C(C(=O)N[C@H](c2cccc(F)c2)C2CC2=O)c2cccc(F)c2CN1c1cn(C)nc1C. The minimum Gasteiger partial charge on any atom is -0.344 e. The van der Waals surface area contributed by atoms with Crippen molar-refractivity contribution in [3.05, 3.63) is 88.4 Å². The number of nitrogens with one attached hydrogen (secondary N) is 1. The molecule has 34 heavy (non-hydrogen) atoms. The number of aryl methyl sites for hydroxylation is 2. The van der Waals surface area contributed by atoms with Gasteiger partial charge in [-0.05, 0) is 43.2 Å². The van der Waals surface area contributed by atoms with E-state index in [1.807, 2.05) is 24.9 Å². The molecule has 2 heterocycles. The Hall–Kier alpha value is -3.81. The summed E-state index contributed by atoms with van der Waals surface area (Å²) >= 11 is 0. The van der Waals surface area contributed by atoms with Crippen molar-refractivity contribution < 1.29 is 18.4 Å². The van der Waals surface area contributed by atoms with E-state index in [9.17, 15) is 18.4 Å². The van der Waals surface area contributed by atoms with Crippen LogP contribution in [0.25, 0.3) is 5.57 Å². The quantitative estimate of drug-likeness (QED) is 0.617. The highest BCUT2D eigenvalue weighted by atomic mass is 19.1. The van der Waals surface area contributed by atoms with Crippen LogP contribution in [0.4, 0.5) is 14.5 Å². The van der Waals surface area contributed by atoms with Crippen molar-refractivity contribution in [1.82, 2.24) is 15.1 Å². The number of rotatable bonds is 5. The van der Waals surface area contributed by atoms with Crippen LogP contribution in [-0.2, 0) is 23.2 Å². The first-order chi connectivity index (χ1) is 16.2. The van der Waals surface area contributed by atoms with Gasteiger partial charge in [-0.25, -0.2) is 8.78 Å². The molecule has 1 aliphatic heterocycles. The van der Waals surface area contributed by atoms with Gasteiger partial charge in [-0.1, -0.05) is 24.3 Å². The second-order valence-electron chi connectivity index (χ2n) is 8.87. The Kier molecular flexibility index (Phi) is 5.31. The van der Waals surface area contributed by atoms with Crippen molar-refractivity contribution in [2.75, 3.05) is 4.90 Å². The Labute approximate surface area is 195 Å². The zero-order chi connectivity index (χ0) is 24.1. The number of halogens is 2. The maximum Gasteiger partial charge on any atom is 0.254 e. The van der Waals surface area contributed by atoms with Crippen molar-refractivity contribution in [2.45, 2.75) is 32.9 Å². The number of aromatic nitrogens is 2. The van der Waals surface area contributed by atoms with Crippen LogP contribution in [0.5, 0.6) is 0 Å². The summed E-state index contributed by atoms with van der Waals surface area (Å²) in [6, 6.07) is 9.92. The first-order valence-electron chi connectivity index (χ1n) is 11.1. The number of nitrogens with zero attached hydrogens (tertiary/aromatic N) is 3. The molecule has 1 amide bonds. The van der Waals surface area contributed by atoms with E-state index in [0.717, 1.165) is 11.4 Å². The molecule has 0 radical (unpaired) electrons. The molecule has 3 aromatic rings. The summed E-state index contributed by atoms with van der Waals surface area (Å²) in [4.78, 5) is 27.6. The fourth-order valence-electron chi connectivity index (χ4n) is 4.76. The molecule has 1 aromatic heterocycles. The van der Waals surface area contributed by atoms with Crippen LogP contribution in [0.3, 0.4) is 0 Å². The summed E-state index contributed by atoms with van der Waals surface area (Å²) in [7, 11) is 1.80.